The van der Waals surface area contributed by atoms with E-state index in [0.29, 0.717) is 12.2 Å². The Morgan fingerprint density at radius 2 is 2.12 bits per heavy atom. The first-order valence-corrected chi connectivity index (χ1v) is 5.99. The van der Waals surface area contributed by atoms with Gasteiger partial charge in [-0.15, -0.1) is 0 Å². The minimum Gasteiger partial charge on any atom is -0.273 e. The maximum absolute atomic E-state index is 12.1. The minimum atomic E-state index is -0.127. The van der Waals surface area contributed by atoms with Crippen LogP contribution < -0.4 is 5.01 Å². The van der Waals surface area contributed by atoms with Crippen molar-refractivity contribution in [3.8, 4) is 0 Å². The van der Waals surface area contributed by atoms with Crippen LogP contribution in [0.3, 0.4) is 0 Å². The highest BCUT2D eigenvalue weighted by Crippen LogP contribution is 2.32. The van der Waals surface area contributed by atoms with Crippen molar-refractivity contribution in [2.75, 3.05) is 11.6 Å². The zero-order valence-electron chi connectivity index (χ0n) is 10.9. The average Bonchev–Trinajstić information content (AvgIpc) is 2.48. The van der Waals surface area contributed by atoms with E-state index in [4.69, 9.17) is 0 Å². The second kappa shape index (κ2) is 4.11. The average molecular weight is 233 g/mol. The molecule has 0 unspecified atom stereocenters. The highest BCUT2D eigenvalue weighted by molar-refractivity contribution is 5.94. The van der Waals surface area contributed by atoms with E-state index in [1.54, 1.807) is 11.2 Å². The van der Waals surface area contributed by atoms with Gasteiger partial charge in [0.05, 0.1) is 0 Å². The summed E-state index contributed by atoms with van der Waals surface area (Å²) < 4.78 is 0. The van der Waals surface area contributed by atoms with Crippen LogP contribution in [0.15, 0.2) is 18.3 Å². The number of hydrogen-bond donors (Lipinski definition) is 0. The van der Waals surface area contributed by atoms with Crippen LogP contribution in [0.4, 0.5) is 5.82 Å². The lowest BCUT2D eigenvalue weighted by Crippen LogP contribution is -2.47. The van der Waals surface area contributed by atoms with Gasteiger partial charge >= 0.3 is 0 Å². The number of pyridine rings is 1. The number of hydrogen-bond acceptors (Lipinski definition) is 3. The summed E-state index contributed by atoms with van der Waals surface area (Å²) in [5, 5.41) is 3.78. The molecular weight excluding hydrogens is 214 g/mol. The van der Waals surface area contributed by atoms with E-state index in [9.17, 15) is 4.79 Å². The molecule has 1 saturated heterocycles. The molecule has 0 radical (unpaired) electrons. The summed E-state index contributed by atoms with van der Waals surface area (Å²) in [4.78, 5) is 16.4. The van der Waals surface area contributed by atoms with Crippen LogP contribution >= 0.6 is 0 Å². The van der Waals surface area contributed by atoms with Crippen molar-refractivity contribution in [3.63, 3.8) is 0 Å². The van der Waals surface area contributed by atoms with Gasteiger partial charge in [-0.25, -0.2) is 15.0 Å². The largest absolute Gasteiger partial charge is 0.273 e. The van der Waals surface area contributed by atoms with E-state index < -0.39 is 0 Å². The Balaban J connectivity index is 2.37. The van der Waals surface area contributed by atoms with Crippen LogP contribution in [-0.2, 0) is 4.79 Å². The summed E-state index contributed by atoms with van der Waals surface area (Å²) in [5.74, 6) is 0.834. The molecule has 0 N–H and O–H groups in total. The fourth-order valence-corrected chi connectivity index (χ4v) is 2.35. The van der Waals surface area contributed by atoms with E-state index in [0.717, 1.165) is 12.1 Å². The smallest absolute Gasteiger partial charge is 0.244 e. The number of rotatable bonds is 2. The summed E-state index contributed by atoms with van der Waals surface area (Å²) in [6.45, 7) is 9.02. The molecule has 1 aliphatic rings. The zero-order valence-corrected chi connectivity index (χ0v) is 10.9. The van der Waals surface area contributed by atoms with Crippen molar-refractivity contribution < 1.29 is 4.79 Å². The SMILES string of the molecule is CCN1N(c2ccc(C)cn2)C(=O)CC1(C)C. The van der Waals surface area contributed by atoms with E-state index >= 15 is 0 Å². The third-order valence-corrected chi connectivity index (χ3v) is 3.17. The minimum absolute atomic E-state index is 0.119. The fourth-order valence-electron chi connectivity index (χ4n) is 2.35. The Hall–Kier alpha value is -1.42. The molecule has 92 valence electrons. The number of aryl methyl sites for hydroxylation is 1. The van der Waals surface area contributed by atoms with Crippen molar-refractivity contribution in [2.24, 2.45) is 0 Å². The van der Waals surface area contributed by atoms with Crippen molar-refractivity contribution in [3.05, 3.63) is 23.9 Å². The first kappa shape index (κ1) is 12.0. The summed E-state index contributed by atoms with van der Waals surface area (Å²) in [5.41, 5.74) is 0.973. The number of carbonyl (C=O) groups excluding carboxylic acids is 1. The number of hydrazine groups is 1. The van der Waals surface area contributed by atoms with Crippen LogP contribution in [0.1, 0.15) is 32.8 Å². The first-order valence-electron chi connectivity index (χ1n) is 5.99. The van der Waals surface area contributed by atoms with Gasteiger partial charge in [-0.1, -0.05) is 13.0 Å². The number of aromatic nitrogens is 1. The van der Waals surface area contributed by atoms with Crippen molar-refractivity contribution in [1.29, 1.82) is 0 Å². The second-order valence-electron chi connectivity index (χ2n) is 5.10. The number of amides is 1. The molecule has 0 aromatic carbocycles. The molecule has 1 aromatic rings. The quantitative estimate of drug-likeness (QED) is 0.785. The third kappa shape index (κ3) is 2.05. The molecule has 1 amide bonds. The molecule has 1 aliphatic heterocycles. The molecule has 0 atom stereocenters. The van der Waals surface area contributed by atoms with E-state index in [1.165, 1.54) is 0 Å². The van der Waals surface area contributed by atoms with Crippen molar-refractivity contribution in [2.45, 2.75) is 39.7 Å². The van der Waals surface area contributed by atoms with Crippen molar-refractivity contribution >= 4 is 11.7 Å². The number of carbonyl (C=O) groups is 1. The van der Waals surface area contributed by atoms with Crippen LogP contribution in [0.25, 0.3) is 0 Å². The van der Waals surface area contributed by atoms with Crippen LogP contribution in [0.5, 0.6) is 0 Å². The standard InChI is InChI=1S/C13H19N3O/c1-5-15-13(3,4)8-12(17)16(15)11-7-6-10(2)9-14-11/h6-7,9H,5,8H2,1-4H3. The topological polar surface area (TPSA) is 36.4 Å². The normalized spacial score (nSPS) is 20.0. The lowest BCUT2D eigenvalue weighted by atomic mass is 10.0. The number of anilines is 1. The van der Waals surface area contributed by atoms with Gasteiger partial charge in [0.25, 0.3) is 0 Å². The van der Waals surface area contributed by atoms with Crippen LogP contribution in [0, 0.1) is 6.92 Å². The van der Waals surface area contributed by atoms with Gasteiger partial charge < -0.3 is 0 Å². The van der Waals surface area contributed by atoms with Gasteiger partial charge in [0.1, 0.15) is 5.82 Å². The Morgan fingerprint density at radius 3 is 2.65 bits per heavy atom. The van der Waals surface area contributed by atoms with Gasteiger partial charge in [-0.3, -0.25) is 4.79 Å². The summed E-state index contributed by atoms with van der Waals surface area (Å²) in [7, 11) is 0. The molecule has 0 spiro atoms. The summed E-state index contributed by atoms with van der Waals surface area (Å²) in [6.07, 6.45) is 2.33. The third-order valence-electron chi connectivity index (χ3n) is 3.17. The van der Waals surface area contributed by atoms with Gasteiger partial charge in [-0.2, -0.15) is 0 Å². The molecule has 0 saturated carbocycles. The molecule has 1 aromatic heterocycles. The molecule has 1 fully saturated rings. The Bertz CT molecular complexity index is 425. The maximum Gasteiger partial charge on any atom is 0.244 e. The van der Waals surface area contributed by atoms with Crippen LogP contribution in [-0.4, -0.2) is 28.0 Å². The van der Waals surface area contributed by atoms with Gasteiger partial charge in [0.15, 0.2) is 0 Å². The molecule has 4 nitrogen and oxygen atoms in total. The maximum atomic E-state index is 12.1. The van der Waals surface area contributed by atoms with E-state index in [-0.39, 0.29) is 11.4 Å². The lowest BCUT2D eigenvalue weighted by Gasteiger charge is -2.34. The van der Waals surface area contributed by atoms with E-state index in [1.807, 2.05) is 19.1 Å². The number of nitrogens with zero attached hydrogens (tertiary/aromatic N) is 3. The lowest BCUT2D eigenvalue weighted by molar-refractivity contribution is -0.118. The fraction of sp³-hybridized carbons (Fsp3) is 0.538. The molecular formula is C13H19N3O. The molecule has 2 heterocycles. The molecule has 17 heavy (non-hydrogen) atoms. The predicted molar refractivity (Wildman–Crippen MR) is 67.5 cm³/mol. The van der Waals surface area contributed by atoms with Crippen molar-refractivity contribution in [1.82, 2.24) is 9.99 Å². The molecule has 2 rings (SSSR count). The summed E-state index contributed by atoms with van der Waals surface area (Å²) >= 11 is 0. The Kier molecular flexibility index (Phi) is 2.91. The van der Waals surface area contributed by atoms with Gasteiger partial charge in [0, 0.05) is 24.7 Å². The monoisotopic (exact) mass is 233 g/mol. The predicted octanol–water partition coefficient (Wildman–Crippen LogP) is 2.14. The highest BCUT2D eigenvalue weighted by atomic mass is 16.2. The second-order valence-corrected chi connectivity index (χ2v) is 5.10. The van der Waals surface area contributed by atoms with Gasteiger partial charge in [0.2, 0.25) is 5.91 Å². The Morgan fingerprint density at radius 1 is 1.41 bits per heavy atom. The van der Waals surface area contributed by atoms with Crippen LogP contribution in [0.2, 0.25) is 0 Å². The summed E-state index contributed by atoms with van der Waals surface area (Å²) in [6, 6.07) is 3.88. The Labute approximate surface area is 102 Å². The van der Waals surface area contributed by atoms with Gasteiger partial charge in [-0.05, 0) is 32.4 Å². The zero-order chi connectivity index (χ0) is 12.6. The highest BCUT2D eigenvalue weighted by Gasteiger charge is 2.43. The van der Waals surface area contributed by atoms with E-state index in [2.05, 4.69) is 30.8 Å². The molecule has 0 aliphatic carbocycles. The molecule has 4 heteroatoms. The first-order chi connectivity index (χ1) is 7.95. The molecule has 0 bridgehead atoms.